The Kier molecular flexibility index (Phi) is 4.31. The Morgan fingerprint density at radius 1 is 1.18 bits per heavy atom. The van der Waals surface area contributed by atoms with E-state index in [0.717, 1.165) is 14.5 Å². The smallest absolute Gasteiger partial charge is 0.101 e. The van der Waals surface area contributed by atoms with Crippen LogP contribution in [0.25, 0.3) is 0 Å². The van der Waals surface area contributed by atoms with Crippen LogP contribution in [-0.4, -0.2) is 10.1 Å². The van der Waals surface area contributed by atoms with Crippen LogP contribution >= 0.6 is 31.9 Å². The summed E-state index contributed by atoms with van der Waals surface area (Å²) >= 11 is 6.75. The van der Waals surface area contributed by atoms with Crippen LogP contribution in [0.5, 0.6) is 0 Å². The second-order valence-electron chi connectivity index (χ2n) is 3.73. The van der Waals surface area contributed by atoms with E-state index in [1.165, 1.54) is 0 Å². The van der Waals surface area contributed by atoms with Crippen molar-refractivity contribution in [3.8, 4) is 0 Å². The Morgan fingerprint density at radius 2 is 1.88 bits per heavy atom. The molecule has 1 unspecified atom stereocenters. The second-order valence-corrected chi connectivity index (χ2v) is 5.50. The number of nitrogens with zero attached hydrogens (tertiary/aromatic N) is 1. The molecule has 0 amide bonds. The van der Waals surface area contributed by atoms with Gasteiger partial charge in [-0.25, -0.2) is 0 Å². The molecule has 17 heavy (non-hydrogen) atoms. The van der Waals surface area contributed by atoms with Crippen LogP contribution in [0, 0.1) is 0 Å². The van der Waals surface area contributed by atoms with Crippen LogP contribution in [-0.2, 0) is 6.42 Å². The number of halogens is 2. The van der Waals surface area contributed by atoms with Gasteiger partial charge in [0.15, 0.2) is 0 Å². The van der Waals surface area contributed by atoms with Gasteiger partial charge >= 0.3 is 0 Å². The molecular formula is C13H11Br2NO. The quantitative estimate of drug-likeness (QED) is 0.905. The van der Waals surface area contributed by atoms with Crippen molar-refractivity contribution < 1.29 is 5.11 Å². The van der Waals surface area contributed by atoms with Gasteiger partial charge in [-0.2, -0.15) is 0 Å². The van der Waals surface area contributed by atoms with Gasteiger partial charge in [0.1, 0.15) is 6.10 Å². The normalized spacial score (nSPS) is 12.4. The highest BCUT2D eigenvalue weighted by Crippen LogP contribution is 2.26. The first-order valence-corrected chi connectivity index (χ1v) is 6.78. The molecule has 88 valence electrons. The van der Waals surface area contributed by atoms with E-state index in [0.29, 0.717) is 12.1 Å². The first-order chi connectivity index (χ1) is 8.16. The molecule has 0 radical (unpaired) electrons. The number of aromatic nitrogens is 1. The van der Waals surface area contributed by atoms with E-state index in [2.05, 4.69) is 36.8 Å². The topological polar surface area (TPSA) is 33.1 Å². The first-order valence-electron chi connectivity index (χ1n) is 5.20. The maximum atomic E-state index is 10.1. The summed E-state index contributed by atoms with van der Waals surface area (Å²) in [7, 11) is 0. The summed E-state index contributed by atoms with van der Waals surface area (Å²) < 4.78 is 1.70. The average Bonchev–Trinajstić information content (AvgIpc) is 2.30. The van der Waals surface area contributed by atoms with Crippen molar-refractivity contribution in [3.63, 3.8) is 0 Å². The van der Waals surface area contributed by atoms with E-state index in [4.69, 9.17) is 0 Å². The van der Waals surface area contributed by atoms with Gasteiger partial charge in [0.2, 0.25) is 0 Å². The lowest BCUT2D eigenvalue weighted by Crippen LogP contribution is -2.05. The zero-order chi connectivity index (χ0) is 12.3. The third-order valence-electron chi connectivity index (χ3n) is 2.42. The molecule has 0 bridgehead atoms. The Bertz CT molecular complexity index is 502. The van der Waals surface area contributed by atoms with Gasteiger partial charge in [-0.1, -0.05) is 30.3 Å². The Hall–Kier alpha value is -0.710. The van der Waals surface area contributed by atoms with Crippen LogP contribution in [0.1, 0.15) is 17.4 Å². The van der Waals surface area contributed by atoms with Gasteiger partial charge in [-0.15, -0.1) is 0 Å². The van der Waals surface area contributed by atoms with E-state index in [1.807, 2.05) is 36.4 Å². The van der Waals surface area contributed by atoms with Crippen molar-refractivity contribution >= 4 is 31.9 Å². The molecule has 0 aliphatic heterocycles. The zero-order valence-electron chi connectivity index (χ0n) is 8.98. The van der Waals surface area contributed by atoms with Crippen molar-refractivity contribution in [3.05, 3.63) is 62.8 Å². The van der Waals surface area contributed by atoms with Gasteiger partial charge in [-0.05, 0) is 43.5 Å². The van der Waals surface area contributed by atoms with Gasteiger partial charge in [-0.3, -0.25) is 4.98 Å². The fraction of sp³-hybridized carbons (Fsp3) is 0.154. The summed E-state index contributed by atoms with van der Waals surface area (Å²) in [5.41, 5.74) is 1.76. The Morgan fingerprint density at radius 3 is 2.53 bits per heavy atom. The van der Waals surface area contributed by atoms with Crippen molar-refractivity contribution in [1.29, 1.82) is 0 Å². The number of hydrogen-bond donors (Lipinski definition) is 1. The molecule has 0 spiro atoms. The fourth-order valence-electron chi connectivity index (χ4n) is 1.60. The maximum absolute atomic E-state index is 10.1. The Balaban J connectivity index is 2.17. The van der Waals surface area contributed by atoms with Crippen LogP contribution in [0.3, 0.4) is 0 Å². The Labute approximate surface area is 117 Å². The highest BCUT2D eigenvalue weighted by Gasteiger charge is 2.13. The maximum Gasteiger partial charge on any atom is 0.101 e. The molecule has 0 aliphatic rings. The lowest BCUT2D eigenvalue weighted by molar-refractivity contribution is 0.172. The molecule has 2 rings (SSSR count). The van der Waals surface area contributed by atoms with Gasteiger partial charge in [0, 0.05) is 21.6 Å². The van der Waals surface area contributed by atoms with Crippen molar-refractivity contribution in [1.82, 2.24) is 4.98 Å². The average molecular weight is 357 g/mol. The lowest BCUT2D eigenvalue weighted by Gasteiger charge is -2.12. The number of pyridine rings is 1. The minimum atomic E-state index is -0.597. The molecule has 0 fully saturated rings. The number of hydrogen-bond acceptors (Lipinski definition) is 2. The summed E-state index contributed by atoms with van der Waals surface area (Å²) in [5, 5.41) is 10.1. The summed E-state index contributed by atoms with van der Waals surface area (Å²) in [5.74, 6) is 0. The van der Waals surface area contributed by atoms with E-state index in [9.17, 15) is 5.11 Å². The third kappa shape index (κ3) is 3.37. The van der Waals surface area contributed by atoms with Crippen molar-refractivity contribution in [2.24, 2.45) is 0 Å². The van der Waals surface area contributed by atoms with Crippen LogP contribution in [0.4, 0.5) is 0 Å². The molecule has 2 aromatic rings. The molecule has 0 aliphatic carbocycles. The molecule has 2 nitrogen and oxygen atoms in total. The SMILES string of the molecule is OC(Cc1ccccc1)c1ncc(Br)cc1Br. The number of rotatable bonds is 3. The molecule has 1 aromatic carbocycles. The monoisotopic (exact) mass is 355 g/mol. The van der Waals surface area contributed by atoms with E-state index in [-0.39, 0.29) is 0 Å². The van der Waals surface area contributed by atoms with Gasteiger partial charge in [0.05, 0.1) is 5.69 Å². The molecule has 1 aromatic heterocycles. The number of benzene rings is 1. The van der Waals surface area contributed by atoms with Crippen LogP contribution < -0.4 is 0 Å². The van der Waals surface area contributed by atoms with E-state index in [1.54, 1.807) is 6.20 Å². The largest absolute Gasteiger partial charge is 0.386 e. The molecule has 4 heteroatoms. The highest BCUT2D eigenvalue weighted by molar-refractivity contribution is 9.11. The summed E-state index contributed by atoms with van der Waals surface area (Å²) in [6.45, 7) is 0. The molecule has 1 atom stereocenters. The minimum Gasteiger partial charge on any atom is -0.386 e. The first kappa shape index (κ1) is 12.7. The number of aliphatic hydroxyl groups is 1. The molecule has 1 heterocycles. The van der Waals surface area contributed by atoms with Crippen molar-refractivity contribution in [2.75, 3.05) is 0 Å². The summed E-state index contributed by atoms with van der Waals surface area (Å²) in [4.78, 5) is 4.23. The standard InChI is InChI=1S/C13H11Br2NO/c14-10-7-11(15)13(16-8-10)12(17)6-9-4-2-1-3-5-9/h1-5,7-8,12,17H,6H2. The third-order valence-corrected chi connectivity index (χ3v) is 3.49. The van der Waals surface area contributed by atoms with Crippen molar-refractivity contribution in [2.45, 2.75) is 12.5 Å². The summed E-state index contributed by atoms with van der Waals surface area (Å²) in [6.07, 6.45) is 1.66. The number of aliphatic hydroxyl groups excluding tert-OH is 1. The predicted molar refractivity (Wildman–Crippen MR) is 74.7 cm³/mol. The highest BCUT2D eigenvalue weighted by atomic mass is 79.9. The van der Waals surface area contributed by atoms with E-state index >= 15 is 0 Å². The molecule has 0 saturated heterocycles. The second kappa shape index (κ2) is 5.76. The zero-order valence-corrected chi connectivity index (χ0v) is 12.1. The predicted octanol–water partition coefficient (Wildman–Crippen LogP) is 3.88. The van der Waals surface area contributed by atoms with E-state index < -0.39 is 6.10 Å². The lowest BCUT2D eigenvalue weighted by atomic mass is 10.1. The molecular weight excluding hydrogens is 346 g/mol. The molecule has 0 saturated carbocycles. The fourth-order valence-corrected chi connectivity index (χ4v) is 2.86. The minimum absolute atomic E-state index is 0.564. The van der Waals surface area contributed by atoms with Gasteiger partial charge < -0.3 is 5.11 Å². The van der Waals surface area contributed by atoms with Crippen LogP contribution in [0.2, 0.25) is 0 Å². The molecule has 1 N–H and O–H groups in total. The van der Waals surface area contributed by atoms with Gasteiger partial charge in [0.25, 0.3) is 0 Å². The van der Waals surface area contributed by atoms with Crippen LogP contribution in [0.15, 0.2) is 51.5 Å². The summed E-state index contributed by atoms with van der Waals surface area (Å²) in [6, 6.07) is 11.8.